The van der Waals surface area contributed by atoms with Crippen molar-refractivity contribution in [2.75, 3.05) is 32.5 Å². The van der Waals surface area contributed by atoms with E-state index < -0.39 is 0 Å². The quantitative estimate of drug-likeness (QED) is 0.722. The Morgan fingerprint density at radius 2 is 1.92 bits per heavy atom. The number of nitrogens with one attached hydrogen (secondary N) is 2. The molecule has 25 heavy (non-hydrogen) atoms. The summed E-state index contributed by atoms with van der Waals surface area (Å²) in [5, 5.41) is 6.19. The lowest BCUT2D eigenvalue weighted by atomic mass is 10.1. The molecule has 0 saturated carbocycles. The number of hydrogen-bond donors (Lipinski definition) is 2. The van der Waals surface area contributed by atoms with Crippen LogP contribution in [0.25, 0.3) is 0 Å². The van der Waals surface area contributed by atoms with E-state index in [1.165, 1.54) is 0 Å². The summed E-state index contributed by atoms with van der Waals surface area (Å²) in [5.41, 5.74) is 2.64. The van der Waals surface area contributed by atoms with Crippen molar-refractivity contribution in [3.63, 3.8) is 0 Å². The summed E-state index contributed by atoms with van der Waals surface area (Å²) in [4.78, 5) is 23.2. The number of carbonyl (C=O) groups is 1. The standard InChI is InChI=1S/C19H27N5O/c1-14-8-5-6-9-16(14)13-21-19(25)17-12-18(23-15(2)22-17)20-10-7-11-24(3)4/h5-6,8-9,12H,7,10-11,13H2,1-4H3,(H,21,25)(H,20,22,23). The third-order valence-corrected chi connectivity index (χ3v) is 3.86. The number of aromatic nitrogens is 2. The fraction of sp³-hybridized carbons (Fsp3) is 0.421. The van der Waals surface area contributed by atoms with Gasteiger partial charge in [0.15, 0.2) is 0 Å². The predicted octanol–water partition coefficient (Wildman–Crippen LogP) is 2.39. The van der Waals surface area contributed by atoms with Crippen molar-refractivity contribution in [2.45, 2.75) is 26.8 Å². The first-order chi connectivity index (χ1) is 12.0. The Balaban J connectivity index is 1.96. The van der Waals surface area contributed by atoms with Gasteiger partial charge in [-0.05, 0) is 52.0 Å². The smallest absolute Gasteiger partial charge is 0.270 e. The van der Waals surface area contributed by atoms with Crippen LogP contribution in [0.15, 0.2) is 30.3 Å². The predicted molar refractivity (Wildman–Crippen MR) is 101 cm³/mol. The molecule has 0 radical (unpaired) electrons. The van der Waals surface area contributed by atoms with Crippen molar-refractivity contribution in [3.8, 4) is 0 Å². The molecule has 1 aromatic heterocycles. The van der Waals surface area contributed by atoms with Gasteiger partial charge in [-0.1, -0.05) is 24.3 Å². The van der Waals surface area contributed by atoms with E-state index in [1.54, 1.807) is 13.0 Å². The Morgan fingerprint density at radius 1 is 1.16 bits per heavy atom. The van der Waals surface area contributed by atoms with Gasteiger partial charge in [-0.3, -0.25) is 4.79 Å². The van der Waals surface area contributed by atoms with Gasteiger partial charge in [-0.15, -0.1) is 0 Å². The molecule has 1 amide bonds. The SMILES string of the molecule is Cc1nc(NCCCN(C)C)cc(C(=O)NCc2ccccc2C)n1. The summed E-state index contributed by atoms with van der Waals surface area (Å²) >= 11 is 0. The zero-order valence-electron chi connectivity index (χ0n) is 15.5. The summed E-state index contributed by atoms with van der Waals surface area (Å²) in [5.74, 6) is 1.08. The first-order valence-corrected chi connectivity index (χ1v) is 8.52. The zero-order chi connectivity index (χ0) is 18.2. The molecule has 0 fully saturated rings. The van der Waals surface area contributed by atoms with E-state index in [-0.39, 0.29) is 5.91 Å². The maximum absolute atomic E-state index is 12.4. The van der Waals surface area contributed by atoms with Crippen LogP contribution < -0.4 is 10.6 Å². The Morgan fingerprint density at radius 3 is 2.64 bits per heavy atom. The molecular formula is C19H27N5O. The summed E-state index contributed by atoms with van der Waals surface area (Å²) in [6.45, 7) is 6.12. The second-order valence-corrected chi connectivity index (χ2v) is 6.38. The molecule has 0 aliphatic carbocycles. The van der Waals surface area contributed by atoms with Crippen LogP contribution in [-0.2, 0) is 6.54 Å². The molecule has 0 unspecified atom stereocenters. The van der Waals surface area contributed by atoms with Gasteiger partial charge >= 0.3 is 0 Å². The molecular weight excluding hydrogens is 314 g/mol. The van der Waals surface area contributed by atoms with Crippen LogP contribution in [0, 0.1) is 13.8 Å². The van der Waals surface area contributed by atoms with Crippen LogP contribution in [0.1, 0.15) is 33.9 Å². The van der Waals surface area contributed by atoms with Crippen LogP contribution in [-0.4, -0.2) is 48.0 Å². The Bertz CT molecular complexity index is 715. The van der Waals surface area contributed by atoms with Crippen LogP contribution >= 0.6 is 0 Å². The fourth-order valence-corrected chi connectivity index (χ4v) is 2.46. The highest BCUT2D eigenvalue weighted by Gasteiger charge is 2.10. The molecule has 0 atom stereocenters. The van der Waals surface area contributed by atoms with E-state index in [1.807, 2.05) is 45.3 Å². The maximum atomic E-state index is 12.4. The van der Waals surface area contributed by atoms with Crippen molar-refractivity contribution < 1.29 is 4.79 Å². The molecule has 2 N–H and O–H groups in total. The van der Waals surface area contributed by atoms with Crippen molar-refractivity contribution in [1.82, 2.24) is 20.2 Å². The summed E-state index contributed by atoms with van der Waals surface area (Å²) < 4.78 is 0. The molecule has 0 aliphatic rings. The number of hydrogen-bond acceptors (Lipinski definition) is 5. The molecule has 134 valence electrons. The highest BCUT2D eigenvalue weighted by molar-refractivity contribution is 5.92. The van der Waals surface area contributed by atoms with Gasteiger partial charge in [-0.25, -0.2) is 9.97 Å². The van der Waals surface area contributed by atoms with E-state index in [0.717, 1.165) is 30.6 Å². The fourth-order valence-electron chi connectivity index (χ4n) is 2.46. The average molecular weight is 341 g/mol. The van der Waals surface area contributed by atoms with Crippen molar-refractivity contribution in [1.29, 1.82) is 0 Å². The third-order valence-electron chi connectivity index (χ3n) is 3.86. The van der Waals surface area contributed by atoms with Gasteiger partial charge in [0.05, 0.1) is 0 Å². The maximum Gasteiger partial charge on any atom is 0.270 e. The van der Waals surface area contributed by atoms with Gasteiger partial charge in [0.2, 0.25) is 0 Å². The molecule has 0 bridgehead atoms. The number of benzene rings is 1. The van der Waals surface area contributed by atoms with E-state index >= 15 is 0 Å². The number of anilines is 1. The molecule has 0 aliphatic heterocycles. The summed E-state index contributed by atoms with van der Waals surface area (Å²) in [7, 11) is 4.09. The van der Waals surface area contributed by atoms with E-state index in [2.05, 4.69) is 25.5 Å². The Hall–Kier alpha value is -2.47. The van der Waals surface area contributed by atoms with Crippen molar-refractivity contribution in [3.05, 3.63) is 53.0 Å². The molecule has 6 nitrogen and oxygen atoms in total. The van der Waals surface area contributed by atoms with Gasteiger partial charge < -0.3 is 15.5 Å². The highest BCUT2D eigenvalue weighted by atomic mass is 16.1. The molecule has 1 aromatic carbocycles. The Labute approximate surface area is 149 Å². The largest absolute Gasteiger partial charge is 0.370 e. The first-order valence-electron chi connectivity index (χ1n) is 8.52. The molecule has 2 aromatic rings. The lowest BCUT2D eigenvalue weighted by molar-refractivity contribution is 0.0945. The molecule has 2 rings (SSSR count). The van der Waals surface area contributed by atoms with Crippen molar-refractivity contribution in [2.24, 2.45) is 0 Å². The minimum Gasteiger partial charge on any atom is -0.370 e. The topological polar surface area (TPSA) is 70.2 Å². The van der Waals surface area contributed by atoms with Crippen LogP contribution in [0.2, 0.25) is 0 Å². The van der Waals surface area contributed by atoms with Gasteiger partial charge in [0, 0.05) is 19.2 Å². The van der Waals surface area contributed by atoms with Gasteiger partial charge in [0.1, 0.15) is 17.3 Å². The van der Waals surface area contributed by atoms with Gasteiger partial charge in [0.25, 0.3) is 5.91 Å². The molecule has 0 saturated heterocycles. The van der Waals surface area contributed by atoms with Crippen molar-refractivity contribution >= 4 is 11.7 Å². The van der Waals surface area contributed by atoms with E-state index in [0.29, 0.717) is 23.9 Å². The number of rotatable bonds is 8. The third kappa shape index (κ3) is 6.15. The minimum atomic E-state index is -0.190. The lowest BCUT2D eigenvalue weighted by Crippen LogP contribution is -2.25. The molecule has 0 spiro atoms. The number of amides is 1. The van der Waals surface area contributed by atoms with Crippen LogP contribution in [0.4, 0.5) is 5.82 Å². The second-order valence-electron chi connectivity index (χ2n) is 6.38. The lowest BCUT2D eigenvalue weighted by Gasteiger charge is -2.12. The number of nitrogens with zero attached hydrogens (tertiary/aromatic N) is 3. The zero-order valence-corrected chi connectivity index (χ0v) is 15.5. The molecule has 1 heterocycles. The number of aryl methyl sites for hydroxylation is 2. The number of carbonyl (C=O) groups excluding carboxylic acids is 1. The van der Waals surface area contributed by atoms with Crippen LogP contribution in [0.5, 0.6) is 0 Å². The highest BCUT2D eigenvalue weighted by Crippen LogP contribution is 2.09. The summed E-state index contributed by atoms with van der Waals surface area (Å²) in [6, 6.07) is 9.71. The van der Waals surface area contributed by atoms with Gasteiger partial charge in [-0.2, -0.15) is 0 Å². The monoisotopic (exact) mass is 341 g/mol. The summed E-state index contributed by atoms with van der Waals surface area (Å²) in [6.07, 6.45) is 1.00. The average Bonchev–Trinajstić information content (AvgIpc) is 2.57. The van der Waals surface area contributed by atoms with Crippen LogP contribution in [0.3, 0.4) is 0 Å². The van der Waals surface area contributed by atoms with E-state index in [4.69, 9.17) is 0 Å². The first kappa shape index (κ1) is 18.9. The molecule has 6 heteroatoms. The second kappa shape index (κ2) is 9.13. The normalized spacial score (nSPS) is 10.8. The minimum absolute atomic E-state index is 0.190. The Kier molecular flexibility index (Phi) is 6.89. The van der Waals surface area contributed by atoms with E-state index in [9.17, 15) is 4.79 Å².